The van der Waals surface area contributed by atoms with E-state index in [2.05, 4.69) is 4.98 Å². The minimum absolute atomic E-state index is 0. The van der Waals surface area contributed by atoms with Gasteiger partial charge in [0.25, 0.3) is 5.91 Å². The maximum absolute atomic E-state index is 12.9. The third-order valence-corrected chi connectivity index (χ3v) is 4.77. The monoisotopic (exact) mass is 400 g/mol. The molecular formula is C17H19Cl3N4O. The number of nitrogens with zero attached hydrogens (tertiary/aromatic N) is 2. The first-order valence-corrected chi connectivity index (χ1v) is 8.40. The predicted molar refractivity (Wildman–Crippen MR) is 103 cm³/mol. The summed E-state index contributed by atoms with van der Waals surface area (Å²) in [6, 6.07) is 5.23. The van der Waals surface area contributed by atoms with Crippen molar-refractivity contribution in [3.05, 3.63) is 50.8 Å². The summed E-state index contributed by atoms with van der Waals surface area (Å²) in [4.78, 5) is 19.1. The zero-order chi connectivity index (χ0) is 17.4. The van der Waals surface area contributed by atoms with Gasteiger partial charge in [0.15, 0.2) is 0 Å². The van der Waals surface area contributed by atoms with E-state index in [9.17, 15) is 4.79 Å². The van der Waals surface area contributed by atoms with Gasteiger partial charge in [-0.05, 0) is 24.6 Å². The van der Waals surface area contributed by atoms with E-state index >= 15 is 0 Å². The first-order chi connectivity index (χ1) is 11.5. The number of carbonyl (C=O) groups is 1. The van der Waals surface area contributed by atoms with Crippen molar-refractivity contribution in [2.45, 2.75) is 20.0 Å². The summed E-state index contributed by atoms with van der Waals surface area (Å²) < 4.78 is 0. The molecule has 0 aliphatic carbocycles. The standard InChI is InChI=1S/C17H18Cl2N4O.ClH/c1-9-12(7-21)15(11-3-2-10(18)6-13(11)19)16-14(22-9)8-23(5-4-20)17(16)24;/h2-3,6H,4-5,7-8,20-21H2,1H3;1H. The first kappa shape index (κ1) is 19.9. The molecule has 5 nitrogen and oxygen atoms in total. The molecule has 0 bridgehead atoms. The molecule has 134 valence electrons. The molecule has 4 N–H and O–H groups in total. The summed E-state index contributed by atoms with van der Waals surface area (Å²) in [5.41, 5.74) is 16.0. The fraction of sp³-hybridized carbons (Fsp3) is 0.294. The van der Waals surface area contributed by atoms with Crippen molar-refractivity contribution in [3.63, 3.8) is 0 Å². The van der Waals surface area contributed by atoms with E-state index in [1.54, 1.807) is 17.0 Å². The highest BCUT2D eigenvalue weighted by molar-refractivity contribution is 6.36. The number of halogens is 3. The van der Waals surface area contributed by atoms with Crippen LogP contribution >= 0.6 is 35.6 Å². The van der Waals surface area contributed by atoms with Gasteiger partial charge >= 0.3 is 0 Å². The van der Waals surface area contributed by atoms with Gasteiger partial charge in [-0.2, -0.15) is 0 Å². The van der Waals surface area contributed by atoms with Crippen molar-refractivity contribution in [3.8, 4) is 11.1 Å². The summed E-state index contributed by atoms with van der Waals surface area (Å²) in [6.45, 7) is 3.51. The summed E-state index contributed by atoms with van der Waals surface area (Å²) in [5, 5.41) is 1.02. The van der Waals surface area contributed by atoms with Crippen LogP contribution in [-0.2, 0) is 13.1 Å². The molecule has 3 rings (SSSR count). The van der Waals surface area contributed by atoms with Crippen molar-refractivity contribution in [2.75, 3.05) is 13.1 Å². The van der Waals surface area contributed by atoms with Gasteiger partial charge in [0.05, 0.1) is 17.8 Å². The SMILES string of the molecule is Cc1nc2c(c(-c3ccc(Cl)cc3Cl)c1CN)C(=O)N(CCN)C2.Cl. The predicted octanol–water partition coefficient (Wildman–Crippen LogP) is 3.16. The highest BCUT2D eigenvalue weighted by Gasteiger charge is 2.33. The fourth-order valence-electron chi connectivity index (χ4n) is 3.13. The van der Waals surface area contributed by atoms with Crippen molar-refractivity contribution in [2.24, 2.45) is 11.5 Å². The van der Waals surface area contributed by atoms with Crippen LogP contribution in [0.1, 0.15) is 27.3 Å². The van der Waals surface area contributed by atoms with Gasteiger partial charge in [0.2, 0.25) is 0 Å². The van der Waals surface area contributed by atoms with Crippen molar-refractivity contribution in [1.82, 2.24) is 9.88 Å². The number of hydrogen-bond donors (Lipinski definition) is 2. The van der Waals surface area contributed by atoms with Crippen LogP contribution in [0.25, 0.3) is 11.1 Å². The number of rotatable bonds is 4. The van der Waals surface area contributed by atoms with E-state index in [4.69, 9.17) is 34.7 Å². The Labute approximate surface area is 162 Å². The Balaban J connectivity index is 0.00000225. The Hall–Kier alpha value is -1.37. The van der Waals surface area contributed by atoms with Crippen LogP contribution in [0, 0.1) is 6.92 Å². The lowest BCUT2D eigenvalue weighted by atomic mass is 9.93. The zero-order valence-corrected chi connectivity index (χ0v) is 16.0. The molecule has 2 heterocycles. The average Bonchev–Trinajstić information content (AvgIpc) is 2.83. The quantitative estimate of drug-likeness (QED) is 0.824. The molecule has 1 aliphatic rings. The van der Waals surface area contributed by atoms with Crippen molar-refractivity contribution in [1.29, 1.82) is 0 Å². The number of hydrogen-bond acceptors (Lipinski definition) is 4. The van der Waals surface area contributed by atoms with Crippen LogP contribution in [0.3, 0.4) is 0 Å². The van der Waals surface area contributed by atoms with Crippen LogP contribution in [-0.4, -0.2) is 28.9 Å². The van der Waals surface area contributed by atoms with Crippen LogP contribution in [0.4, 0.5) is 0 Å². The second-order valence-electron chi connectivity index (χ2n) is 5.72. The normalized spacial score (nSPS) is 13.0. The highest BCUT2D eigenvalue weighted by atomic mass is 35.5. The lowest BCUT2D eigenvalue weighted by molar-refractivity contribution is 0.0783. The number of benzene rings is 1. The smallest absolute Gasteiger partial charge is 0.256 e. The topological polar surface area (TPSA) is 85.2 Å². The Morgan fingerprint density at radius 1 is 1.24 bits per heavy atom. The molecule has 1 amide bonds. The number of carbonyl (C=O) groups excluding carboxylic acids is 1. The number of nitrogens with two attached hydrogens (primary N) is 2. The molecule has 0 fully saturated rings. The number of fused-ring (bicyclic) bond motifs is 1. The van der Waals surface area contributed by atoms with Crippen LogP contribution in [0.2, 0.25) is 10.0 Å². The molecule has 0 radical (unpaired) electrons. The molecule has 0 saturated heterocycles. The summed E-state index contributed by atoms with van der Waals surface area (Å²) in [5.74, 6) is -0.0846. The molecule has 0 unspecified atom stereocenters. The number of aromatic nitrogens is 1. The third-order valence-electron chi connectivity index (χ3n) is 4.23. The van der Waals surface area contributed by atoms with Gasteiger partial charge < -0.3 is 16.4 Å². The Bertz CT molecular complexity index is 826. The van der Waals surface area contributed by atoms with E-state index in [-0.39, 0.29) is 24.9 Å². The van der Waals surface area contributed by atoms with Gasteiger partial charge in [-0.3, -0.25) is 9.78 Å². The minimum atomic E-state index is -0.0846. The first-order valence-electron chi connectivity index (χ1n) is 7.65. The van der Waals surface area contributed by atoms with Crippen LogP contribution < -0.4 is 11.5 Å². The van der Waals surface area contributed by atoms with Gasteiger partial charge in [0.1, 0.15) is 0 Å². The molecule has 1 aromatic carbocycles. The minimum Gasteiger partial charge on any atom is -0.331 e. The maximum atomic E-state index is 12.9. The molecule has 25 heavy (non-hydrogen) atoms. The van der Waals surface area contributed by atoms with Gasteiger partial charge in [-0.1, -0.05) is 29.3 Å². The molecule has 1 aliphatic heterocycles. The van der Waals surface area contributed by atoms with Crippen molar-refractivity contribution >= 4 is 41.5 Å². The molecule has 0 atom stereocenters. The molecule has 1 aromatic heterocycles. The molecule has 2 aromatic rings. The number of aryl methyl sites for hydroxylation is 1. The van der Waals surface area contributed by atoms with E-state index in [0.29, 0.717) is 35.2 Å². The van der Waals surface area contributed by atoms with E-state index in [1.807, 2.05) is 13.0 Å². The summed E-state index contributed by atoms with van der Waals surface area (Å²) in [6.07, 6.45) is 0. The van der Waals surface area contributed by atoms with Gasteiger partial charge in [0, 0.05) is 46.5 Å². The lowest BCUT2D eigenvalue weighted by Crippen LogP contribution is -2.29. The summed E-state index contributed by atoms with van der Waals surface area (Å²) >= 11 is 12.4. The van der Waals surface area contributed by atoms with E-state index in [1.165, 1.54) is 0 Å². The molecule has 0 spiro atoms. The summed E-state index contributed by atoms with van der Waals surface area (Å²) in [7, 11) is 0. The number of amides is 1. The second-order valence-corrected chi connectivity index (χ2v) is 6.56. The number of pyridine rings is 1. The molecule has 0 saturated carbocycles. The lowest BCUT2D eigenvalue weighted by Gasteiger charge is -2.16. The maximum Gasteiger partial charge on any atom is 0.256 e. The van der Waals surface area contributed by atoms with Crippen LogP contribution in [0.5, 0.6) is 0 Å². The fourth-order valence-corrected chi connectivity index (χ4v) is 3.64. The van der Waals surface area contributed by atoms with Crippen LogP contribution in [0.15, 0.2) is 18.2 Å². The van der Waals surface area contributed by atoms with E-state index < -0.39 is 0 Å². The molecular weight excluding hydrogens is 383 g/mol. The second kappa shape index (κ2) is 7.89. The van der Waals surface area contributed by atoms with Gasteiger partial charge in [-0.15, -0.1) is 12.4 Å². The van der Waals surface area contributed by atoms with Crippen molar-refractivity contribution < 1.29 is 4.79 Å². The average molecular weight is 402 g/mol. The molecule has 8 heteroatoms. The largest absolute Gasteiger partial charge is 0.331 e. The Morgan fingerprint density at radius 3 is 2.56 bits per heavy atom. The third kappa shape index (κ3) is 3.48. The highest BCUT2D eigenvalue weighted by Crippen LogP contribution is 2.39. The van der Waals surface area contributed by atoms with E-state index in [0.717, 1.165) is 28.1 Å². The Morgan fingerprint density at radius 2 is 1.96 bits per heavy atom. The van der Waals surface area contributed by atoms with Gasteiger partial charge in [-0.25, -0.2) is 0 Å². The Kier molecular flexibility index (Phi) is 6.30. The zero-order valence-electron chi connectivity index (χ0n) is 13.7.